The third kappa shape index (κ3) is 2.63. The van der Waals surface area contributed by atoms with Crippen LogP contribution in [0.4, 0.5) is 4.39 Å². The van der Waals surface area contributed by atoms with E-state index in [1.165, 1.54) is 12.1 Å². The van der Waals surface area contributed by atoms with Gasteiger partial charge in [-0.15, -0.1) is 10.2 Å². The highest BCUT2D eigenvalue weighted by Gasteiger charge is 2.16. The summed E-state index contributed by atoms with van der Waals surface area (Å²) in [6.07, 6.45) is 0. The van der Waals surface area contributed by atoms with Crippen LogP contribution in [0, 0.1) is 5.82 Å². The minimum atomic E-state index is -0.282. The molecule has 4 rings (SSSR count). The first-order chi connectivity index (χ1) is 11.8. The van der Waals surface area contributed by atoms with Crippen LogP contribution in [0.25, 0.3) is 22.1 Å². The molecular formula is C18H15FN4S. The van der Waals surface area contributed by atoms with Crippen LogP contribution in [0.2, 0.25) is 0 Å². The first-order valence-corrected chi connectivity index (χ1v) is 8.73. The predicted molar refractivity (Wildman–Crippen MR) is 94.7 cm³/mol. The van der Waals surface area contributed by atoms with E-state index in [0.717, 1.165) is 27.9 Å². The normalized spacial score (nSPS) is 11.4. The second-order valence-electron chi connectivity index (χ2n) is 5.43. The molecule has 2 aromatic carbocycles. The lowest BCUT2D eigenvalue weighted by molar-refractivity contribution is 0.629. The van der Waals surface area contributed by atoms with Gasteiger partial charge in [-0.1, -0.05) is 49.0 Å². The molecule has 120 valence electrons. The fourth-order valence-corrected chi connectivity index (χ4v) is 3.34. The molecule has 0 saturated heterocycles. The zero-order valence-electron chi connectivity index (χ0n) is 13.1. The van der Waals surface area contributed by atoms with Crippen molar-refractivity contribution in [1.82, 2.24) is 19.7 Å². The first-order valence-electron chi connectivity index (χ1n) is 7.75. The van der Waals surface area contributed by atoms with E-state index in [-0.39, 0.29) is 5.82 Å². The van der Waals surface area contributed by atoms with Crippen molar-refractivity contribution in [2.45, 2.75) is 18.6 Å². The average molecular weight is 338 g/mol. The Hall–Kier alpha value is -2.47. The molecule has 4 nitrogen and oxygen atoms in total. The molecule has 0 aliphatic rings. The van der Waals surface area contributed by atoms with Gasteiger partial charge < -0.3 is 4.57 Å². The van der Waals surface area contributed by atoms with E-state index in [9.17, 15) is 4.39 Å². The van der Waals surface area contributed by atoms with Gasteiger partial charge in [-0.05, 0) is 29.5 Å². The molecule has 24 heavy (non-hydrogen) atoms. The van der Waals surface area contributed by atoms with Crippen molar-refractivity contribution in [3.05, 3.63) is 59.9 Å². The van der Waals surface area contributed by atoms with Crippen molar-refractivity contribution in [2.24, 2.45) is 0 Å². The van der Waals surface area contributed by atoms with Crippen molar-refractivity contribution in [3.63, 3.8) is 0 Å². The Labute approximate surface area is 142 Å². The van der Waals surface area contributed by atoms with Crippen molar-refractivity contribution in [2.75, 3.05) is 5.75 Å². The van der Waals surface area contributed by atoms with Crippen molar-refractivity contribution >= 4 is 33.8 Å². The Morgan fingerprint density at radius 2 is 1.92 bits per heavy atom. The number of benzene rings is 2. The maximum absolute atomic E-state index is 13.7. The van der Waals surface area contributed by atoms with E-state index in [1.807, 2.05) is 25.1 Å². The summed E-state index contributed by atoms with van der Waals surface area (Å²) in [6.45, 7) is 2.70. The topological polar surface area (TPSA) is 43.6 Å². The molecule has 0 amide bonds. The highest BCUT2D eigenvalue weighted by Crippen LogP contribution is 2.28. The SMILES string of the molecule is CCSc1nnc2c3cc(F)ccc3n(Cc3ccccc3)c2n1. The molecule has 0 unspecified atom stereocenters. The van der Waals surface area contributed by atoms with Crippen LogP contribution in [0.3, 0.4) is 0 Å². The monoisotopic (exact) mass is 338 g/mol. The first kappa shape index (κ1) is 15.1. The number of nitrogens with zero attached hydrogens (tertiary/aromatic N) is 4. The minimum Gasteiger partial charge on any atom is -0.319 e. The van der Waals surface area contributed by atoms with E-state index in [4.69, 9.17) is 0 Å². The molecule has 0 aliphatic carbocycles. The van der Waals surface area contributed by atoms with Crippen LogP contribution in [0.1, 0.15) is 12.5 Å². The van der Waals surface area contributed by atoms with E-state index < -0.39 is 0 Å². The molecule has 0 fully saturated rings. The molecule has 6 heteroatoms. The molecule has 0 aliphatic heterocycles. The summed E-state index contributed by atoms with van der Waals surface area (Å²) in [5.74, 6) is 0.593. The Morgan fingerprint density at radius 3 is 2.71 bits per heavy atom. The summed E-state index contributed by atoms with van der Waals surface area (Å²) in [4.78, 5) is 4.66. The summed E-state index contributed by atoms with van der Waals surface area (Å²) in [6, 6.07) is 14.9. The molecule has 2 heterocycles. The zero-order chi connectivity index (χ0) is 16.5. The standard InChI is InChI=1S/C18H15FN4S/c1-2-24-18-20-17-16(21-22-18)14-10-13(19)8-9-15(14)23(17)11-12-6-4-3-5-7-12/h3-10H,2,11H2,1H3. The Kier molecular flexibility index (Phi) is 3.90. The van der Waals surface area contributed by atoms with Gasteiger partial charge in [-0.3, -0.25) is 0 Å². The van der Waals surface area contributed by atoms with Gasteiger partial charge in [0.15, 0.2) is 5.65 Å². The molecule has 0 N–H and O–H groups in total. The fraction of sp³-hybridized carbons (Fsp3) is 0.167. The van der Waals surface area contributed by atoms with Gasteiger partial charge in [0, 0.05) is 11.9 Å². The lowest BCUT2D eigenvalue weighted by atomic mass is 10.2. The van der Waals surface area contributed by atoms with E-state index >= 15 is 0 Å². The van der Waals surface area contributed by atoms with Gasteiger partial charge >= 0.3 is 0 Å². The number of halogens is 1. The summed E-state index contributed by atoms with van der Waals surface area (Å²) >= 11 is 1.55. The predicted octanol–water partition coefficient (Wildman–Crippen LogP) is 4.28. The molecule has 4 aromatic rings. The van der Waals surface area contributed by atoms with E-state index in [0.29, 0.717) is 17.2 Å². The number of aromatic nitrogens is 4. The maximum Gasteiger partial charge on any atom is 0.211 e. The van der Waals surface area contributed by atoms with Crippen molar-refractivity contribution < 1.29 is 4.39 Å². The summed E-state index contributed by atoms with van der Waals surface area (Å²) in [7, 11) is 0. The van der Waals surface area contributed by atoms with Gasteiger partial charge in [-0.25, -0.2) is 9.37 Å². The van der Waals surface area contributed by atoms with Gasteiger partial charge in [0.1, 0.15) is 11.3 Å². The van der Waals surface area contributed by atoms with Crippen LogP contribution in [0.15, 0.2) is 53.7 Å². The summed E-state index contributed by atoms with van der Waals surface area (Å²) in [5.41, 5.74) is 3.45. The number of fused-ring (bicyclic) bond motifs is 3. The van der Waals surface area contributed by atoms with Crippen LogP contribution >= 0.6 is 11.8 Å². The average Bonchev–Trinajstić information content (AvgIpc) is 2.89. The highest BCUT2D eigenvalue weighted by atomic mass is 32.2. The second kappa shape index (κ2) is 6.20. The molecular weight excluding hydrogens is 323 g/mol. The number of hydrogen-bond acceptors (Lipinski definition) is 4. The van der Waals surface area contributed by atoms with Crippen LogP contribution in [-0.2, 0) is 6.54 Å². The fourth-order valence-electron chi connectivity index (χ4n) is 2.83. The number of thioether (sulfide) groups is 1. The van der Waals surface area contributed by atoms with Gasteiger partial charge in [0.25, 0.3) is 0 Å². The van der Waals surface area contributed by atoms with Crippen molar-refractivity contribution in [1.29, 1.82) is 0 Å². The van der Waals surface area contributed by atoms with E-state index in [1.54, 1.807) is 17.8 Å². The molecule has 2 aromatic heterocycles. The second-order valence-corrected chi connectivity index (χ2v) is 6.66. The van der Waals surface area contributed by atoms with Gasteiger partial charge in [0.05, 0.1) is 5.52 Å². The Balaban J connectivity index is 1.97. The lowest BCUT2D eigenvalue weighted by Crippen LogP contribution is -2.02. The summed E-state index contributed by atoms with van der Waals surface area (Å²) in [5, 5.41) is 9.86. The zero-order valence-corrected chi connectivity index (χ0v) is 13.9. The molecule has 0 atom stereocenters. The maximum atomic E-state index is 13.7. The molecule has 0 spiro atoms. The van der Waals surface area contributed by atoms with Gasteiger partial charge in [-0.2, -0.15) is 0 Å². The van der Waals surface area contributed by atoms with E-state index in [2.05, 4.69) is 31.9 Å². The smallest absolute Gasteiger partial charge is 0.211 e. The van der Waals surface area contributed by atoms with Crippen molar-refractivity contribution in [3.8, 4) is 0 Å². The Morgan fingerprint density at radius 1 is 1.08 bits per heavy atom. The Bertz CT molecular complexity index is 1010. The minimum absolute atomic E-state index is 0.282. The number of rotatable bonds is 4. The van der Waals surface area contributed by atoms with Gasteiger partial charge in [0.2, 0.25) is 5.16 Å². The third-order valence-corrected chi connectivity index (χ3v) is 4.59. The van der Waals surface area contributed by atoms with Crippen LogP contribution in [0.5, 0.6) is 0 Å². The van der Waals surface area contributed by atoms with Crippen LogP contribution in [-0.4, -0.2) is 25.5 Å². The quantitative estimate of drug-likeness (QED) is 0.521. The molecule has 0 radical (unpaired) electrons. The van der Waals surface area contributed by atoms with Crippen LogP contribution < -0.4 is 0 Å². The number of hydrogen-bond donors (Lipinski definition) is 0. The lowest BCUT2D eigenvalue weighted by Gasteiger charge is -2.07. The highest BCUT2D eigenvalue weighted by molar-refractivity contribution is 7.99. The largest absolute Gasteiger partial charge is 0.319 e. The summed E-state index contributed by atoms with van der Waals surface area (Å²) < 4.78 is 15.8. The molecule has 0 bridgehead atoms. The third-order valence-electron chi connectivity index (χ3n) is 3.87. The molecule has 0 saturated carbocycles.